The van der Waals surface area contributed by atoms with Crippen molar-refractivity contribution in [3.8, 4) is 11.5 Å². The van der Waals surface area contributed by atoms with Gasteiger partial charge in [-0.15, -0.1) is 0 Å². The second-order valence-corrected chi connectivity index (χ2v) is 6.46. The Morgan fingerprint density at radius 1 is 1.43 bits per heavy atom. The highest BCUT2D eigenvalue weighted by Gasteiger charge is 2.31. The summed E-state index contributed by atoms with van der Waals surface area (Å²) in [5, 5.41) is 3.26. The third kappa shape index (κ3) is 2.90. The Labute approximate surface area is 126 Å². The van der Waals surface area contributed by atoms with Crippen LogP contribution >= 0.6 is 11.3 Å². The van der Waals surface area contributed by atoms with Gasteiger partial charge in [0, 0.05) is 11.8 Å². The van der Waals surface area contributed by atoms with Crippen molar-refractivity contribution in [2.75, 3.05) is 5.32 Å². The number of rotatable bonds is 5. The number of aromatic nitrogens is 1. The number of carbonyl (C=O) groups excluding carboxylic acids is 2. The third-order valence-electron chi connectivity index (χ3n) is 3.31. The van der Waals surface area contributed by atoms with Crippen molar-refractivity contribution in [2.45, 2.75) is 26.7 Å². The molecule has 3 rings (SSSR count). The van der Waals surface area contributed by atoms with Gasteiger partial charge in [-0.25, -0.2) is 4.98 Å². The Hall–Kier alpha value is -1.95. The van der Waals surface area contributed by atoms with E-state index in [1.54, 1.807) is 18.4 Å². The van der Waals surface area contributed by atoms with Gasteiger partial charge in [-0.1, -0.05) is 25.2 Å². The first-order valence-electron chi connectivity index (χ1n) is 6.96. The Bertz CT molecular complexity index is 669. The molecule has 2 aromatic rings. The van der Waals surface area contributed by atoms with Crippen molar-refractivity contribution in [2.24, 2.45) is 11.8 Å². The molecule has 21 heavy (non-hydrogen) atoms. The summed E-state index contributed by atoms with van der Waals surface area (Å²) < 4.78 is 5.35. The SMILES string of the molecule is CC(C)C(=O)c1sc(NC(=O)C2CC2)nc1-c1ccco1. The molecule has 1 saturated carbocycles. The number of nitrogens with zero attached hydrogens (tertiary/aromatic N) is 1. The van der Waals surface area contributed by atoms with E-state index in [2.05, 4.69) is 10.3 Å². The molecule has 0 atom stereocenters. The van der Waals surface area contributed by atoms with E-state index in [1.807, 2.05) is 13.8 Å². The molecule has 0 saturated heterocycles. The molecule has 1 aliphatic rings. The molecule has 0 radical (unpaired) electrons. The van der Waals surface area contributed by atoms with Crippen LogP contribution in [0.5, 0.6) is 0 Å². The van der Waals surface area contributed by atoms with Gasteiger partial charge in [-0.3, -0.25) is 9.59 Å². The fourth-order valence-electron chi connectivity index (χ4n) is 1.94. The number of carbonyl (C=O) groups is 2. The molecule has 5 nitrogen and oxygen atoms in total. The monoisotopic (exact) mass is 304 g/mol. The summed E-state index contributed by atoms with van der Waals surface area (Å²) in [6.07, 6.45) is 3.40. The van der Waals surface area contributed by atoms with Gasteiger partial charge in [0.05, 0.1) is 6.26 Å². The van der Waals surface area contributed by atoms with Crippen LogP contribution in [-0.2, 0) is 4.79 Å². The van der Waals surface area contributed by atoms with Crippen LogP contribution in [0.4, 0.5) is 5.13 Å². The molecule has 1 amide bonds. The predicted octanol–water partition coefficient (Wildman–Crippen LogP) is 3.59. The molecular weight excluding hydrogens is 288 g/mol. The zero-order valence-corrected chi connectivity index (χ0v) is 12.7. The summed E-state index contributed by atoms with van der Waals surface area (Å²) >= 11 is 1.22. The van der Waals surface area contributed by atoms with Crippen LogP contribution in [0, 0.1) is 11.8 Å². The zero-order valence-electron chi connectivity index (χ0n) is 11.9. The van der Waals surface area contributed by atoms with Gasteiger partial charge in [-0.2, -0.15) is 0 Å². The van der Waals surface area contributed by atoms with Crippen molar-refractivity contribution in [3.05, 3.63) is 23.3 Å². The Morgan fingerprint density at radius 3 is 2.76 bits per heavy atom. The number of hydrogen-bond donors (Lipinski definition) is 1. The lowest BCUT2D eigenvalue weighted by Gasteiger charge is -2.01. The molecule has 1 N–H and O–H groups in total. The van der Waals surface area contributed by atoms with Crippen LogP contribution in [0.2, 0.25) is 0 Å². The molecular formula is C15H16N2O3S. The van der Waals surface area contributed by atoms with Crippen molar-refractivity contribution in [1.82, 2.24) is 4.98 Å². The lowest BCUT2D eigenvalue weighted by molar-refractivity contribution is -0.117. The van der Waals surface area contributed by atoms with Crippen LogP contribution < -0.4 is 5.32 Å². The number of nitrogens with one attached hydrogen (secondary N) is 1. The normalized spacial score (nSPS) is 14.4. The summed E-state index contributed by atoms with van der Waals surface area (Å²) in [6, 6.07) is 3.51. The second-order valence-electron chi connectivity index (χ2n) is 5.46. The summed E-state index contributed by atoms with van der Waals surface area (Å²) in [5.41, 5.74) is 0.509. The van der Waals surface area contributed by atoms with Gasteiger partial charge >= 0.3 is 0 Å². The molecule has 0 aliphatic heterocycles. The highest BCUT2D eigenvalue weighted by Crippen LogP contribution is 2.35. The Balaban J connectivity index is 1.94. The van der Waals surface area contributed by atoms with Gasteiger partial charge in [0.2, 0.25) is 5.91 Å². The minimum Gasteiger partial charge on any atom is -0.463 e. The third-order valence-corrected chi connectivity index (χ3v) is 4.29. The van der Waals surface area contributed by atoms with Gasteiger partial charge in [0.25, 0.3) is 0 Å². The lowest BCUT2D eigenvalue weighted by Crippen LogP contribution is -2.12. The molecule has 1 aliphatic carbocycles. The largest absolute Gasteiger partial charge is 0.463 e. The van der Waals surface area contributed by atoms with E-state index in [1.165, 1.54) is 11.3 Å². The number of hydrogen-bond acceptors (Lipinski definition) is 5. The fourth-order valence-corrected chi connectivity index (χ4v) is 3.00. The Kier molecular flexibility index (Phi) is 3.63. The average molecular weight is 304 g/mol. The van der Waals surface area contributed by atoms with Crippen molar-refractivity contribution in [3.63, 3.8) is 0 Å². The van der Waals surface area contributed by atoms with E-state index in [9.17, 15) is 9.59 Å². The zero-order chi connectivity index (χ0) is 15.0. The number of furan rings is 1. The first kappa shape index (κ1) is 14.0. The van der Waals surface area contributed by atoms with Crippen molar-refractivity contribution >= 4 is 28.2 Å². The first-order valence-corrected chi connectivity index (χ1v) is 7.77. The number of amides is 1. The fraction of sp³-hybridized carbons (Fsp3) is 0.400. The van der Waals surface area contributed by atoms with E-state index < -0.39 is 0 Å². The van der Waals surface area contributed by atoms with Crippen molar-refractivity contribution in [1.29, 1.82) is 0 Å². The van der Waals surface area contributed by atoms with Crippen LogP contribution in [0.15, 0.2) is 22.8 Å². The van der Waals surface area contributed by atoms with Gasteiger partial charge in [-0.05, 0) is 25.0 Å². The summed E-state index contributed by atoms with van der Waals surface area (Å²) in [5.74, 6) is 0.502. The van der Waals surface area contributed by atoms with Crippen LogP contribution in [0.1, 0.15) is 36.4 Å². The van der Waals surface area contributed by atoms with E-state index in [4.69, 9.17) is 4.42 Å². The van der Waals surface area contributed by atoms with Crippen LogP contribution in [0.3, 0.4) is 0 Å². The van der Waals surface area contributed by atoms with E-state index in [0.717, 1.165) is 12.8 Å². The average Bonchev–Trinajstić information content (AvgIpc) is 3.00. The summed E-state index contributed by atoms with van der Waals surface area (Å²) in [7, 11) is 0. The number of anilines is 1. The minimum atomic E-state index is -0.133. The van der Waals surface area contributed by atoms with Gasteiger partial charge in [0.1, 0.15) is 10.6 Å². The number of thiazole rings is 1. The summed E-state index contributed by atoms with van der Waals surface area (Å²) in [4.78, 5) is 29.1. The number of ketones is 1. The predicted molar refractivity (Wildman–Crippen MR) is 80.3 cm³/mol. The molecule has 0 unspecified atom stereocenters. The maximum absolute atomic E-state index is 12.3. The highest BCUT2D eigenvalue weighted by atomic mass is 32.1. The smallest absolute Gasteiger partial charge is 0.229 e. The summed E-state index contributed by atoms with van der Waals surface area (Å²) in [6.45, 7) is 3.69. The molecule has 0 bridgehead atoms. The number of Topliss-reactive ketones (excluding diaryl/α,β-unsaturated/α-hetero) is 1. The molecule has 0 spiro atoms. The minimum absolute atomic E-state index is 0.00539. The van der Waals surface area contributed by atoms with Crippen LogP contribution in [-0.4, -0.2) is 16.7 Å². The lowest BCUT2D eigenvalue weighted by atomic mass is 10.1. The topological polar surface area (TPSA) is 72.2 Å². The van der Waals surface area contributed by atoms with Gasteiger partial charge in [0.15, 0.2) is 16.7 Å². The standard InChI is InChI=1S/C15H16N2O3S/c1-8(2)12(18)13-11(10-4-3-7-20-10)16-15(21-13)17-14(19)9-5-6-9/h3-4,7-9H,5-6H2,1-2H3,(H,16,17,19). The van der Waals surface area contributed by atoms with Gasteiger partial charge < -0.3 is 9.73 Å². The Morgan fingerprint density at radius 2 is 2.19 bits per heavy atom. The maximum Gasteiger partial charge on any atom is 0.229 e. The van der Waals surface area contributed by atoms with E-state index in [0.29, 0.717) is 21.5 Å². The molecule has 6 heteroatoms. The molecule has 1 fully saturated rings. The van der Waals surface area contributed by atoms with E-state index >= 15 is 0 Å². The quantitative estimate of drug-likeness (QED) is 0.857. The maximum atomic E-state index is 12.3. The molecule has 2 heterocycles. The first-order chi connectivity index (χ1) is 10.1. The highest BCUT2D eigenvalue weighted by molar-refractivity contribution is 7.18. The van der Waals surface area contributed by atoms with E-state index in [-0.39, 0.29) is 23.5 Å². The molecule has 2 aromatic heterocycles. The van der Waals surface area contributed by atoms with Crippen LogP contribution in [0.25, 0.3) is 11.5 Å². The molecule has 0 aromatic carbocycles. The molecule has 110 valence electrons. The second kappa shape index (κ2) is 5.44. The van der Waals surface area contributed by atoms with Crippen molar-refractivity contribution < 1.29 is 14.0 Å².